The quantitative estimate of drug-likeness (QED) is 0.822. The third-order valence-corrected chi connectivity index (χ3v) is 4.29. The maximum absolute atomic E-state index is 13.7. The van der Waals surface area contributed by atoms with E-state index in [2.05, 4.69) is 16.0 Å². The number of sulfonamides is 1. The first-order valence-corrected chi connectivity index (χ1v) is 8.02. The molecule has 23 heavy (non-hydrogen) atoms. The van der Waals surface area contributed by atoms with Gasteiger partial charge in [-0.2, -0.15) is 0 Å². The van der Waals surface area contributed by atoms with Gasteiger partial charge >= 0.3 is 0 Å². The van der Waals surface area contributed by atoms with Crippen LogP contribution in [0.2, 0.25) is 0 Å². The molecule has 0 aromatic heterocycles. The Balaban J connectivity index is 2.36. The topological polar surface area (TPSA) is 75.3 Å². The van der Waals surface area contributed by atoms with Crippen molar-refractivity contribution >= 4 is 21.6 Å². The van der Waals surface area contributed by atoms with Crippen LogP contribution in [-0.4, -0.2) is 20.9 Å². The van der Waals surface area contributed by atoms with Crippen LogP contribution >= 0.6 is 0 Å². The number of rotatable bonds is 5. The van der Waals surface area contributed by atoms with Crippen molar-refractivity contribution in [3.05, 3.63) is 59.9 Å². The third-order valence-electron chi connectivity index (χ3n) is 2.89. The van der Waals surface area contributed by atoms with Crippen molar-refractivity contribution in [1.29, 1.82) is 0 Å². The first-order chi connectivity index (χ1) is 11.0. The molecule has 0 saturated heterocycles. The molecule has 0 unspecified atom stereocenters. The van der Waals surface area contributed by atoms with E-state index in [9.17, 15) is 17.6 Å². The molecule has 0 atom stereocenters. The molecule has 2 N–H and O–H groups in total. The Morgan fingerprint density at radius 2 is 1.78 bits per heavy atom. The van der Waals surface area contributed by atoms with Gasteiger partial charge in [-0.3, -0.25) is 9.52 Å². The van der Waals surface area contributed by atoms with Gasteiger partial charge in [-0.05, 0) is 24.3 Å². The third kappa shape index (κ3) is 3.87. The maximum atomic E-state index is 13.7. The average Bonchev–Trinajstić information content (AvgIpc) is 2.53. The number of nitrogens with one attached hydrogen (secondary N) is 2. The first-order valence-electron chi connectivity index (χ1n) is 6.54. The van der Waals surface area contributed by atoms with E-state index in [0.717, 1.165) is 12.1 Å². The van der Waals surface area contributed by atoms with Crippen molar-refractivity contribution < 1.29 is 17.6 Å². The molecule has 0 heterocycles. The zero-order valence-electron chi connectivity index (χ0n) is 11.9. The fourth-order valence-electron chi connectivity index (χ4n) is 1.86. The fourth-order valence-corrected chi connectivity index (χ4v) is 3.02. The largest absolute Gasteiger partial charge is 0.341 e. The Bertz CT molecular complexity index is 873. The molecule has 0 aliphatic heterocycles. The van der Waals surface area contributed by atoms with Gasteiger partial charge in [0.15, 0.2) is 0 Å². The summed E-state index contributed by atoms with van der Waals surface area (Å²) in [6, 6.07) is 10.9. The van der Waals surface area contributed by atoms with Crippen LogP contribution < -0.4 is 10.0 Å². The molecule has 5 nitrogen and oxygen atoms in total. The van der Waals surface area contributed by atoms with Gasteiger partial charge < -0.3 is 5.32 Å². The van der Waals surface area contributed by atoms with E-state index in [0.29, 0.717) is 0 Å². The number of hydrogen-bond donors (Lipinski definition) is 2. The van der Waals surface area contributed by atoms with Gasteiger partial charge in [0, 0.05) is 0 Å². The van der Waals surface area contributed by atoms with Crippen molar-refractivity contribution in [2.45, 2.75) is 4.90 Å². The molecule has 0 saturated carbocycles. The Morgan fingerprint density at radius 1 is 1.13 bits per heavy atom. The number of anilines is 1. The summed E-state index contributed by atoms with van der Waals surface area (Å²) in [7, 11) is -4.17. The van der Waals surface area contributed by atoms with Gasteiger partial charge in [0.1, 0.15) is 10.7 Å². The van der Waals surface area contributed by atoms with Crippen molar-refractivity contribution in [3.63, 3.8) is 0 Å². The van der Waals surface area contributed by atoms with E-state index in [-0.39, 0.29) is 17.8 Å². The molecule has 2 aromatic carbocycles. The highest BCUT2D eigenvalue weighted by atomic mass is 32.2. The van der Waals surface area contributed by atoms with Crippen LogP contribution in [0, 0.1) is 18.2 Å². The second-order valence-corrected chi connectivity index (χ2v) is 6.12. The highest BCUT2D eigenvalue weighted by molar-refractivity contribution is 7.92. The van der Waals surface area contributed by atoms with Gasteiger partial charge in [0.25, 0.3) is 15.9 Å². The molecule has 0 bridgehead atoms. The lowest BCUT2D eigenvalue weighted by Crippen LogP contribution is -2.25. The predicted molar refractivity (Wildman–Crippen MR) is 84.8 cm³/mol. The van der Waals surface area contributed by atoms with E-state index < -0.39 is 26.6 Å². The van der Waals surface area contributed by atoms with Crippen molar-refractivity contribution in [1.82, 2.24) is 5.32 Å². The van der Waals surface area contributed by atoms with Crippen molar-refractivity contribution in [2.24, 2.45) is 0 Å². The minimum atomic E-state index is -4.17. The van der Waals surface area contributed by atoms with E-state index in [4.69, 9.17) is 6.42 Å². The Morgan fingerprint density at radius 3 is 2.48 bits per heavy atom. The molecule has 7 heteroatoms. The smallest absolute Gasteiger partial charge is 0.264 e. The second-order valence-electron chi connectivity index (χ2n) is 4.47. The van der Waals surface area contributed by atoms with Gasteiger partial charge in [-0.25, -0.2) is 12.8 Å². The fraction of sp³-hybridized carbons (Fsp3) is 0.0625. The predicted octanol–water partition coefficient (Wildman–Crippen LogP) is 1.99. The molecule has 0 aliphatic rings. The van der Waals surface area contributed by atoms with Gasteiger partial charge in [-0.15, -0.1) is 6.42 Å². The number of carbonyl (C=O) groups is 1. The molecule has 2 aromatic rings. The summed E-state index contributed by atoms with van der Waals surface area (Å²) in [5, 5.41) is 2.44. The molecular formula is C16H13FN2O3S. The molecule has 0 spiro atoms. The summed E-state index contributed by atoms with van der Waals surface area (Å²) in [4.78, 5) is 11.5. The summed E-state index contributed by atoms with van der Waals surface area (Å²) >= 11 is 0. The minimum Gasteiger partial charge on any atom is -0.341 e. The van der Waals surface area contributed by atoms with Crippen LogP contribution in [0.3, 0.4) is 0 Å². The zero-order valence-corrected chi connectivity index (χ0v) is 12.7. The van der Waals surface area contributed by atoms with Crippen LogP contribution in [0.1, 0.15) is 10.4 Å². The molecule has 118 valence electrons. The summed E-state index contributed by atoms with van der Waals surface area (Å²) in [6.07, 6.45) is 5.07. The van der Waals surface area contributed by atoms with Gasteiger partial charge in [0.2, 0.25) is 0 Å². The van der Waals surface area contributed by atoms with Crippen molar-refractivity contribution in [2.75, 3.05) is 11.3 Å². The molecule has 0 radical (unpaired) electrons. The number of para-hydroxylation sites is 1. The van der Waals surface area contributed by atoms with Crippen LogP contribution in [0.15, 0.2) is 53.4 Å². The molecule has 1 amide bonds. The summed E-state index contributed by atoms with van der Waals surface area (Å²) in [5.74, 6) is 0.836. The Labute approximate surface area is 133 Å². The van der Waals surface area contributed by atoms with E-state index >= 15 is 0 Å². The number of halogens is 1. The summed E-state index contributed by atoms with van der Waals surface area (Å²) < 4.78 is 40.5. The zero-order chi connectivity index (χ0) is 16.9. The van der Waals surface area contributed by atoms with E-state index in [1.165, 1.54) is 24.3 Å². The lowest BCUT2D eigenvalue weighted by atomic mass is 10.2. The molecule has 0 aliphatic carbocycles. The van der Waals surface area contributed by atoms with E-state index in [1.54, 1.807) is 12.1 Å². The Hall–Kier alpha value is -2.85. The van der Waals surface area contributed by atoms with Gasteiger partial charge in [0.05, 0.1) is 17.8 Å². The van der Waals surface area contributed by atoms with Crippen molar-refractivity contribution in [3.8, 4) is 12.3 Å². The maximum Gasteiger partial charge on any atom is 0.264 e. The SMILES string of the molecule is C#CCNC(=O)c1ccccc1NS(=O)(=O)c1ccccc1F. The number of benzene rings is 2. The van der Waals surface area contributed by atoms with Crippen LogP contribution in [0.25, 0.3) is 0 Å². The first kappa shape index (κ1) is 16.5. The second kappa shape index (κ2) is 6.94. The standard InChI is InChI=1S/C16H13FN2O3S/c1-2-11-18-16(20)12-7-3-5-9-14(12)19-23(21,22)15-10-6-4-8-13(15)17/h1,3-10,19H,11H2,(H,18,20). The minimum absolute atomic E-state index is 0.00717. The van der Waals surface area contributed by atoms with Crippen LogP contribution in [0.4, 0.5) is 10.1 Å². The normalized spacial score (nSPS) is 10.6. The lowest BCUT2D eigenvalue weighted by Gasteiger charge is -2.12. The molecule has 2 rings (SSSR count). The average molecular weight is 332 g/mol. The number of carbonyl (C=O) groups excluding carboxylic acids is 1. The monoisotopic (exact) mass is 332 g/mol. The molecule has 0 fully saturated rings. The lowest BCUT2D eigenvalue weighted by molar-refractivity contribution is 0.0959. The van der Waals surface area contributed by atoms with Gasteiger partial charge in [-0.1, -0.05) is 30.2 Å². The number of terminal acetylenes is 1. The number of hydrogen-bond acceptors (Lipinski definition) is 3. The highest BCUT2D eigenvalue weighted by Gasteiger charge is 2.21. The Kier molecular flexibility index (Phi) is 4.98. The number of amides is 1. The van der Waals surface area contributed by atoms with E-state index in [1.807, 2.05) is 0 Å². The summed E-state index contributed by atoms with van der Waals surface area (Å²) in [6.45, 7) is 0.00717. The molecular weight excluding hydrogens is 319 g/mol. The summed E-state index contributed by atoms with van der Waals surface area (Å²) in [5.41, 5.74) is 0.118. The van der Waals surface area contributed by atoms with Crippen LogP contribution in [-0.2, 0) is 10.0 Å². The van der Waals surface area contributed by atoms with Crippen LogP contribution in [0.5, 0.6) is 0 Å². The highest BCUT2D eigenvalue weighted by Crippen LogP contribution is 2.21.